The van der Waals surface area contributed by atoms with Crippen LogP contribution in [0.2, 0.25) is 0 Å². The fraction of sp³-hybridized carbons (Fsp3) is 0.333. The van der Waals surface area contributed by atoms with Crippen LogP contribution in [0.5, 0.6) is 0 Å². The Hall–Kier alpha value is -2.69. The van der Waals surface area contributed by atoms with Gasteiger partial charge in [-0.3, -0.25) is 9.59 Å². The molecule has 1 saturated heterocycles. The number of hydrogen-bond acceptors (Lipinski definition) is 2. The molecule has 1 aliphatic rings. The van der Waals surface area contributed by atoms with Gasteiger partial charge in [-0.2, -0.15) is 0 Å². The molecule has 0 saturated carbocycles. The van der Waals surface area contributed by atoms with Crippen LogP contribution in [0.1, 0.15) is 40.7 Å². The molecule has 0 radical (unpaired) electrons. The highest BCUT2D eigenvalue weighted by molar-refractivity contribution is 5.97. The van der Waals surface area contributed by atoms with E-state index in [4.69, 9.17) is 0 Å². The molecule has 1 aliphatic heterocycles. The molecule has 1 atom stereocenters. The molecule has 4 nitrogen and oxygen atoms in total. The van der Waals surface area contributed by atoms with E-state index >= 15 is 0 Å². The summed E-state index contributed by atoms with van der Waals surface area (Å²) in [6, 6.07) is 12.9. The highest BCUT2D eigenvalue weighted by atomic mass is 19.1. The van der Waals surface area contributed by atoms with Crippen LogP contribution in [0, 0.1) is 12.7 Å². The van der Waals surface area contributed by atoms with E-state index in [1.165, 1.54) is 18.2 Å². The molecular weight excluding hydrogens is 331 g/mol. The first-order valence-corrected chi connectivity index (χ1v) is 8.94. The minimum absolute atomic E-state index is 0.0736. The fourth-order valence-electron chi connectivity index (χ4n) is 3.26. The molecule has 136 valence electrons. The van der Waals surface area contributed by atoms with E-state index in [0.717, 1.165) is 24.0 Å². The zero-order chi connectivity index (χ0) is 18.5. The number of nitrogens with one attached hydrogen (secondary N) is 1. The van der Waals surface area contributed by atoms with E-state index in [9.17, 15) is 14.0 Å². The van der Waals surface area contributed by atoms with Crippen molar-refractivity contribution in [3.63, 3.8) is 0 Å². The number of amides is 2. The summed E-state index contributed by atoms with van der Waals surface area (Å²) in [5.41, 5.74) is 2.48. The maximum absolute atomic E-state index is 13.3. The number of nitrogens with zero attached hydrogens (tertiary/aromatic N) is 1. The lowest BCUT2D eigenvalue weighted by Gasteiger charge is -2.25. The van der Waals surface area contributed by atoms with Crippen LogP contribution in [-0.4, -0.2) is 29.3 Å². The van der Waals surface area contributed by atoms with Gasteiger partial charge < -0.3 is 10.2 Å². The molecule has 1 unspecified atom stereocenters. The smallest absolute Gasteiger partial charge is 0.252 e. The van der Waals surface area contributed by atoms with Crippen molar-refractivity contribution >= 4 is 11.8 Å². The first-order chi connectivity index (χ1) is 12.5. The third-order valence-corrected chi connectivity index (χ3v) is 4.80. The van der Waals surface area contributed by atoms with Gasteiger partial charge in [0.1, 0.15) is 11.9 Å². The Morgan fingerprint density at radius 1 is 1.19 bits per heavy atom. The molecule has 2 aromatic carbocycles. The SMILES string of the molecule is Cc1ccccc1CN1CCCCC(NC(=O)c2cccc(F)c2)C1=O. The van der Waals surface area contributed by atoms with Gasteiger partial charge in [-0.05, 0) is 55.5 Å². The van der Waals surface area contributed by atoms with E-state index in [0.29, 0.717) is 19.5 Å². The topological polar surface area (TPSA) is 49.4 Å². The fourth-order valence-corrected chi connectivity index (χ4v) is 3.26. The first-order valence-electron chi connectivity index (χ1n) is 8.94. The standard InChI is InChI=1S/C21H23FN2O2/c1-15-7-2-3-8-17(15)14-24-12-5-4-11-19(21(24)26)23-20(25)16-9-6-10-18(22)13-16/h2-3,6-10,13,19H,4-5,11-12,14H2,1H3,(H,23,25). The largest absolute Gasteiger partial charge is 0.340 e. The molecule has 5 heteroatoms. The van der Waals surface area contributed by atoms with Gasteiger partial charge in [-0.25, -0.2) is 4.39 Å². The van der Waals surface area contributed by atoms with Crippen molar-refractivity contribution in [3.8, 4) is 0 Å². The number of halogens is 1. The molecule has 0 bridgehead atoms. The van der Waals surface area contributed by atoms with Crippen molar-refractivity contribution in [3.05, 3.63) is 71.0 Å². The zero-order valence-electron chi connectivity index (χ0n) is 14.9. The predicted octanol–water partition coefficient (Wildman–Crippen LogP) is 3.45. The van der Waals surface area contributed by atoms with E-state index in [1.54, 1.807) is 6.07 Å². The maximum Gasteiger partial charge on any atom is 0.252 e. The second-order valence-electron chi connectivity index (χ2n) is 6.72. The van der Waals surface area contributed by atoms with E-state index in [-0.39, 0.29) is 11.5 Å². The quantitative estimate of drug-likeness (QED) is 0.914. The number of hydrogen-bond donors (Lipinski definition) is 1. The predicted molar refractivity (Wildman–Crippen MR) is 98.1 cm³/mol. The average Bonchev–Trinajstić information content (AvgIpc) is 2.79. The Kier molecular flexibility index (Phi) is 5.66. The normalized spacial score (nSPS) is 17.7. The summed E-state index contributed by atoms with van der Waals surface area (Å²) in [6.45, 7) is 3.25. The van der Waals surface area contributed by atoms with Crippen molar-refractivity contribution in [2.75, 3.05) is 6.54 Å². The minimum atomic E-state index is -0.572. The number of carbonyl (C=O) groups is 2. The maximum atomic E-state index is 13.3. The third-order valence-electron chi connectivity index (χ3n) is 4.80. The highest BCUT2D eigenvalue weighted by Gasteiger charge is 2.28. The van der Waals surface area contributed by atoms with Gasteiger partial charge in [-0.15, -0.1) is 0 Å². The molecule has 1 N–H and O–H groups in total. The lowest BCUT2D eigenvalue weighted by Crippen LogP contribution is -2.47. The number of carbonyl (C=O) groups excluding carboxylic acids is 2. The second kappa shape index (κ2) is 8.13. The van der Waals surface area contributed by atoms with E-state index < -0.39 is 17.8 Å². The van der Waals surface area contributed by atoms with Crippen LogP contribution in [0.25, 0.3) is 0 Å². The van der Waals surface area contributed by atoms with Crippen LogP contribution < -0.4 is 5.32 Å². The van der Waals surface area contributed by atoms with Crippen LogP contribution in [0.4, 0.5) is 4.39 Å². The van der Waals surface area contributed by atoms with E-state index in [1.807, 2.05) is 36.1 Å². The van der Waals surface area contributed by atoms with Gasteiger partial charge >= 0.3 is 0 Å². The van der Waals surface area contributed by atoms with Crippen molar-refractivity contribution in [1.29, 1.82) is 0 Å². The average molecular weight is 354 g/mol. The van der Waals surface area contributed by atoms with Crippen molar-refractivity contribution in [1.82, 2.24) is 10.2 Å². The van der Waals surface area contributed by atoms with Crippen molar-refractivity contribution in [2.45, 2.75) is 38.8 Å². The second-order valence-corrected chi connectivity index (χ2v) is 6.72. The number of likely N-dealkylation sites (tertiary alicyclic amines) is 1. The zero-order valence-corrected chi connectivity index (χ0v) is 14.9. The Morgan fingerprint density at radius 2 is 2.00 bits per heavy atom. The van der Waals surface area contributed by atoms with Gasteiger partial charge in [0.25, 0.3) is 5.91 Å². The summed E-state index contributed by atoms with van der Waals surface area (Å²) in [7, 11) is 0. The van der Waals surface area contributed by atoms with Gasteiger partial charge in [0, 0.05) is 18.7 Å². The molecule has 2 aromatic rings. The lowest BCUT2D eigenvalue weighted by atomic mass is 10.1. The lowest BCUT2D eigenvalue weighted by molar-refractivity contribution is -0.133. The first kappa shape index (κ1) is 18.1. The summed E-state index contributed by atoms with van der Waals surface area (Å²) in [4.78, 5) is 27.1. The Bertz CT molecular complexity index is 806. The molecule has 3 rings (SSSR count). The number of benzene rings is 2. The van der Waals surface area contributed by atoms with Gasteiger partial charge in [0.2, 0.25) is 5.91 Å². The summed E-state index contributed by atoms with van der Waals surface area (Å²) in [5.74, 6) is -0.956. The molecular formula is C21H23FN2O2. The molecule has 0 spiro atoms. The summed E-state index contributed by atoms with van der Waals surface area (Å²) < 4.78 is 13.3. The summed E-state index contributed by atoms with van der Waals surface area (Å²) in [6.07, 6.45) is 2.37. The monoisotopic (exact) mass is 354 g/mol. The van der Waals surface area contributed by atoms with Crippen LogP contribution in [0.3, 0.4) is 0 Å². The Balaban J connectivity index is 1.72. The summed E-state index contributed by atoms with van der Waals surface area (Å²) >= 11 is 0. The molecule has 1 heterocycles. The van der Waals surface area contributed by atoms with Crippen molar-refractivity contribution < 1.29 is 14.0 Å². The molecule has 2 amide bonds. The molecule has 26 heavy (non-hydrogen) atoms. The number of aryl methyl sites for hydroxylation is 1. The van der Waals surface area contributed by atoms with Crippen LogP contribution in [0.15, 0.2) is 48.5 Å². The Labute approximate surface area is 153 Å². The Morgan fingerprint density at radius 3 is 2.77 bits per heavy atom. The van der Waals surface area contributed by atoms with Crippen molar-refractivity contribution in [2.24, 2.45) is 0 Å². The third kappa shape index (κ3) is 4.28. The van der Waals surface area contributed by atoms with Crippen LogP contribution in [-0.2, 0) is 11.3 Å². The minimum Gasteiger partial charge on any atom is -0.340 e. The van der Waals surface area contributed by atoms with Crippen LogP contribution >= 0.6 is 0 Å². The van der Waals surface area contributed by atoms with Gasteiger partial charge in [0.05, 0.1) is 0 Å². The number of rotatable bonds is 4. The highest BCUT2D eigenvalue weighted by Crippen LogP contribution is 2.18. The summed E-state index contributed by atoms with van der Waals surface area (Å²) in [5, 5.41) is 2.79. The van der Waals surface area contributed by atoms with Gasteiger partial charge in [-0.1, -0.05) is 30.3 Å². The van der Waals surface area contributed by atoms with E-state index in [2.05, 4.69) is 5.32 Å². The molecule has 1 fully saturated rings. The molecule has 0 aromatic heterocycles. The van der Waals surface area contributed by atoms with Gasteiger partial charge in [0.15, 0.2) is 0 Å². The molecule has 0 aliphatic carbocycles.